The van der Waals surface area contributed by atoms with Crippen molar-refractivity contribution in [2.75, 3.05) is 5.32 Å². The summed E-state index contributed by atoms with van der Waals surface area (Å²) >= 11 is 0. The Bertz CT molecular complexity index is 787. The van der Waals surface area contributed by atoms with Crippen molar-refractivity contribution < 1.29 is 32.3 Å². The molecule has 0 bridgehead atoms. The number of aliphatic carboxylic acids is 1. The van der Waals surface area contributed by atoms with Gasteiger partial charge >= 0.3 is 12.1 Å². The maximum atomic E-state index is 13.4. The molecule has 0 unspecified atom stereocenters. The van der Waals surface area contributed by atoms with E-state index in [0.717, 1.165) is 0 Å². The summed E-state index contributed by atoms with van der Waals surface area (Å²) in [7, 11) is 0. The molecule has 24 heavy (non-hydrogen) atoms. The van der Waals surface area contributed by atoms with E-state index >= 15 is 0 Å². The van der Waals surface area contributed by atoms with Crippen molar-refractivity contribution in [2.45, 2.75) is 12.6 Å². The van der Waals surface area contributed by atoms with Crippen molar-refractivity contribution in [2.24, 2.45) is 0 Å². The standard InChI is InChI=1S/C16H11F4NO3/c17-12-6-10(5-11(8-12)16(18,19)20)15(24)21-13-4-2-1-3-9(13)7-14(22)23/h1-6,8H,7H2,(H,21,24)(H,22,23). The van der Waals surface area contributed by atoms with E-state index in [1.807, 2.05) is 0 Å². The number of hydrogen-bond donors (Lipinski definition) is 2. The van der Waals surface area contributed by atoms with Gasteiger partial charge in [-0.05, 0) is 29.8 Å². The highest BCUT2D eigenvalue weighted by Crippen LogP contribution is 2.30. The van der Waals surface area contributed by atoms with Gasteiger partial charge in [0, 0.05) is 11.3 Å². The summed E-state index contributed by atoms with van der Waals surface area (Å²) in [6, 6.07) is 7.42. The van der Waals surface area contributed by atoms with Gasteiger partial charge in [-0.15, -0.1) is 0 Å². The van der Waals surface area contributed by atoms with Gasteiger partial charge in [-0.1, -0.05) is 18.2 Å². The number of carboxylic acid groups (broad SMARTS) is 1. The molecule has 2 N–H and O–H groups in total. The Balaban J connectivity index is 2.31. The second-order valence-corrected chi connectivity index (χ2v) is 4.91. The number of benzene rings is 2. The maximum Gasteiger partial charge on any atom is 0.416 e. The quantitative estimate of drug-likeness (QED) is 0.833. The van der Waals surface area contributed by atoms with E-state index in [2.05, 4.69) is 5.32 Å². The highest BCUT2D eigenvalue weighted by atomic mass is 19.4. The zero-order valence-electron chi connectivity index (χ0n) is 12.0. The molecule has 0 atom stereocenters. The number of nitrogens with one attached hydrogen (secondary N) is 1. The zero-order valence-corrected chi connectivity index (χ0v) is 12.0. The van der Waals surface area contributed by atoms with Crippen LogP contribution in [-0.4, -0.2) is 17.0 Å². The zero-order chi connectivity index (χ0) is 17.9. The molecule has 0 saturated carbocycles. The van der Waals surface area contributed by atoms with Crippen LogP contribution in [0.1, 0.15) is 21.5 Å². The lowest BCUT2D eigenvalue weighted by Crippen LogP contribution is -2.16. The van der Waals surface area contributed by atoms with E-state index in [9.17, 15) is 27.2 Å². The third kappa shape index (κ3) is 4.31. The topological polar surface area (TPSA) is 66.4 Å². The Labute approximate surface area is 133 Å². The van der Waals surface area contributed by atoms with Crippen molar-refractivity contribution in [1.29, 1.82) is 0 Å². The number of carbonyl (C=O) groups is 2. The van der Waals surface area contributed by atoms with Crippen LogP contribution >= 0.6 is 0 Å². The molecule has 2 aromatic carbocycles. The lowest BCUT2D eigenvalue weighted by atomic mass is 10.1. The van der Waals surface area contributed by atoms with Gasteiger partial charge in [0.15, 0.2) is 0 Å². The number of carboxylic acids is 1. The molecule has 126 valence electrons. The van der Waals surface area contributed by atoms with Crippen LogP contribution in [-0.2, 0) is 17.4 Å². The Kier molecular flexibility index (Phi) is 4.87. The van der Waals surface area contributed by atoms with Crippen LogP contribution in [0.5, 0.6) is 0 Å². The summed E-state index contributed by atoms with van der Waals surface area (Å²) in [6.45, 7) is 0. The predicted molar refractivity (Wildman–Crippen MR) is 77.1 cm³/mol. The molecule has 0 aliphatic carbocycles. The molecule has 0 aromatic heterocycles. The Morgan fingerprint density at radius 3 is 2.38 bits per heavy atom. The number of para-hydroxylation sites is 1. The van der Waals surface area contributed by atoms with Crippen molar-refractivity contribution in [3.8, 4) is 0 Å². The smallest absolute Gasteiger partial charge is 0.416 e. The van der Waals surface area contributed by atoms with E-state index in [1.165, 1.54) is 18.2 Å². The number of amides is 1. The first-order valence-electron chi connectivity index (χ1n) is 6.65. The minimum atomic E-state index is -4.79. The maximum absolute atomic E-state index is 13.4. The largest absolute Gasteiger partial charge is 0.481 e. The van der Waals surface area contributed by atoms with Crippen LogP contribution in [0.15, 0.2) is 42.5 Å². The third-order valence-electron chi connectivity index (χ3n) is 3.09. The summed E-state index contributed by atoms with van der Waals surface area (Å²) in [5, 5.41) is 11.1. The molecule has 2 rings (SSSR count). The molecule has 0 saturated heterocycles. The number of rotatable bonds is 4. The van der Waals surface area contributed by atoms with Crippen LogP contribution in [0.2, 0.25) is 0 Å². The highest BCUT2D eigenvalue weighted by Gasteiger charge is 2.32. The average Bonchev–Trinajstić information content (AvgIpc) is 2.47. The number of anilines is 1. The molecular formula is C16H11F4NO3. The summed E-state index contributed by atoms with van der Waals surface area (Å²) < 4.78 is 51.4. The number of carbonyl (C=O) groups excluding carboxylic acids is 1. The van der Waals surface area contributed by atoms with E-state index in [0.29, 0.717) is 12.1 Å². The molecule has 2 aromatic rings. The van der Waals surface area contributed by atoms with E-state index < -0.39 is 35.0 Å². The van der Waals surface area contributed by atoms with Gasteiger partial charge in [-0.25, -0.2) is 4.39 Å². The number of hydrogen-bond acceptors (Lipinski definition) is 2. The van der Waals surface area contributed by atoms with E-state index in [1.54, 1.807) is 6.07 Å². The second-order valence-electron chi connectivity index (χ2n) is 4.91. The Morgan fingerprint density at radius 2 is 1.75 bits per heavy atom. The molecule has 0 radical (unpaired) electrons. The SMILES string of the molecule is O=C(O)Cc1ccccc1NC(=O)c1cc(F)cc(C(F)(F)F)c1. The van der Waals surface area contributed by atoms with Gasteiger partial charge in [0.25, 0.3) is 5.91 Å². The summed E-state index contributed by atoms with van der Waals surface area (Å²) in [6.07, 6.45) is -5.17. The monoisotopic (exact) mass is 341 g/mol. The first-order valence-corrected chi connectivity index (χ1v) is 6.65. The Hall–Kier alpha value is -2.90. The lowest BCUT2D eigenvalue weighted by molar-refractivity contribution is -0.138. The normalized spacial score (nSPS) is 11.2. The molecular weight excluding hydrogens is 330 g/mol. The van der Waals surface area contributed by atoms with Crippen LogP contribution < -0.4 is 5.32 Å². The minimum absolute atomic E-state index is 0.128. The third-order valence-corrected chi connectivity index (χ3v) is 3.09. The number of alkyl halides is 3. The van der Waals surface area contributed by atoms with Crippen LogP contribution in [0.3, 0.4) is 0 Å². The van der Waals surface area contributed by atoms with Crippen molar-refractivity contribution in [3.63, 3.8) is 0 Å². The van der Waals surface area contributed by atoms with Crippen LogP contribution in [0.4, 0.5) is 23.2 Å². The van der Waals surface area contributed by atoms with Crippen molar-refractivity contribution >= 4 is 17.6 Å². The van der Waals surface area contributed by atoms with Crippen molar-refractivity contribution in [1.82, 2.24) is 0 Å². The molecule has 0 aliphatic rings. The molecule has 8 heteroatoms. The highest BCUT2D eigenvalue weighted by molar-refractivity contribution is 6.05. The summed E-state index contributed by atoms with van der Waals surface area (Å²) in [4.78, 5) is 22.9. The molecule has 0 heterocycles. The first kappa shape index (κ1) is 17.5. The van der Waals surface area contributed by atoms with Crippen LogP contribution in [0.25, 0.3) is 0 Å². The fourth-order valence-electron chi connectivity index (χ4n) is 2.04. The van der Waals surface area contributed by atoms with Gasteiger partial charge < -0.3 is 10.4 Å². The fraction of sp³-hybridized carbons (Fsp3) is 0.125. The first-order chi connectivity index (χ1) is 11.2. The Morgan fingerprint density at radius 1 is 1.08 bits per heavy atom. The summed E-state index contributed by atoms with van der Waals surface area (Å²) in [5.74, 6) is -3.31. The van der Waals surface area contributed by atoms with Crippen LogP contribution in [0, 0.1) is 5.82 Å². The summed E-state index contributed by atoms with van der Waals surface area (Å²) in [5.41, 5.74) is -1.41. The van der Waals surface area contributed by atoms with E-state index in [-0.39, 0.29) is 23.7 Å². The van der Waals surface area contributed by atoms with E-state index in [4.69, 9.17) is 5.11 Å². The lowest BCUT2D eigenvalue weighted by Gasteiger charge is -2.12. The predicted octanol–water partition coefficient (Wildman–Crippen LogP) is 3.72. The van der Waals surface area contributed by atoms with Crippen molar-refractivity contribution in [3.05, 3.63) is 65.0 Å². The molecule has 1 amide bonds. The fourth-order valence-corrected chi connectivity index (χ4v) is 2.04. The van der Waals surface area contributed by atoms with Gasteiger partial charge in [0.2, 0.25) is 0 Å². The minimum Gasteiger partial charge on any atom is -0.481 e. The number of halogens is 4. The molecule has 4 nitrogen and oxygen atoms in total. The average molecular weight is 341 g/mol. The molecule has 0 aliphatic heterocycles. The van der Waals surface area contributed by atoms with Gasteiger partial charge in [0.1, 0.15) is 5.82 Å². The van der Waals surface area contributed by atoms with Gasteiger partial charge in [-0.3, -0.25) is 9.59 Å². The van der Waals surface area contributed by atoms with Gasteiger partial charge in [0.05, 0.1) is 12.0 Å². The molecule has 0 fully saturated rings. The molecule has 0 spiro atoms. The van der Waals surface area contributed by atoms with Gasteiger partial charge in [-0.2, -0.15) is 13.2 Å². The second kappa shape index (κ2) is 6.69.